The maximum Gasteiger partial charge on any atom is 0.349 e. The number of carbonyl (C=O) groups is 3. The van der Waals surface area contributed by atoms with Crippen molar-refractivity contribution in [3.05, 3.63) is 46.1 Å². The molecule has 0 amide bonds. The third-order valence-electron chi connectivity index (χ3n) is 6.81. The van der Waals surface area contributed by atoms with Crippen molar-refractivity contribution in [1.29, 1.82) is 0 Å². The number of rotatable bonds is 14. The van der Waals surface area contributed by atoms with Gasteiger partial charge >= 0.3 is 17.9 Å². The Labute approximate surface area is 254 Å². The summed E-state index contributed by atoms with van der Waals surface area (Å²) in [5.74, 6) is -5.05. The fourth-order valence-electron chi connectivity index (χ4n) is 4.52. The minimum absolute atomic E-state index is 0.0377. The molecule has 0 aromatic heterocycles. The second-order valence-corrected chi connectivity index (χ2v) is 11.5. The summed E-state index contributed by atoms with van der Waals surface area (Å²) in [6.07, 6.45) is -8.50. The number of carboxylic acids is 2. The third kappa shape index (κ3) is 9.74. The summed E-state index contributed by atoms with van der Waals surface area (Å²) in [4.78, 5) is 36.2. The highest BCUT2D eigenvalue weighted by atomic mass is 16.7. The van der Waals surface area contributed by atoms with Crippen molar-refractivity contribution >= 4 is 17.9 Å². The van der Waals surface area contributed by atoms with Crippen LogP contribution in [0.2, 0.25) is 0 Å². The molecule has 14 nitrogen and oxygen atoms in total. The Morgan fingerprint density at radius 3 is 2.09 bits per heavy atom. The smallest absolute Gasteiger partial charge is 0.349 e. The van der Waals surface area contributed by atoms with Crippen LogP contribution in [0.3, 0.4) is 0 Å². The molecule has 8 N–H and O–H groups in total. The number of aromatic hydroxyl groups is 1. The van der Waals surface area contributed by atoms with E-state index in [0.717, 1.165) is 18.1 Å². The minimum atomic E-state index is -2.03. The summed E-state index contributed by atoms with van der Waals surface area (Å²) < 4.78 is 16.5. The lowest BCUT2D eigenvalue weighted by molar-refractivity contribution is -0.277. The van der Waals surface area contributed by atoms with Crippen LogP contribution in [0.4, 0.5) is 0 Å². The number of ether oxygens (including phenoxy) is 3. The molecule has 1 aromatic carbocycles. The zero-order chi connectivity index (χ0) is 33.5. The lowest BCUT2D eigenvalue weighted by Gasteiger charge is -2.40. The van der Waals surface area contributed by atoms with Gasteiger partial charge in [-0.1, -0.05) is 23.3 Å². The van der Waals surface area contributed by atoms with E-state index < -0.39 is 85.5 Å². The first-order valence-corrected chi connectivity index (χ1v) is 13.9. The Bertz CT molecular complexity index is 1260. The van der Waals surface area contributed by atoms with E-state index in [4.69, 9.17) is 19.3 Å². The molecule has 1 fully saturated rings. The summed E-state index contributed by atoms with van der Waals surface area (Å²) in [6, 6.07) is 1.33. The zero-order valence-corrected chi connectivity index (χ0v) is 25.3. The molecule has 7 unspecified atom stereocenters. The van der Waals surface area contributed by atoms with E-state index in [1.165, 1.54) is 6.07 Å². The Hall–Kier alpha value is -3.53. The standard InChI is InChI=1S/C30H42O14/c1-14(2)6-8-16-10-18(27(28(39)40)43-21(34)12-30(5,41)11-20(32)33)17(9-7-15(3)4)22(35)26(16)44-29-25(38)24(37)23(36)19(13-31)42-29/h6-7,10,19,23-25,27,29,31,35-38,41H,8-9,11-13H2,1-5H3,(H,32,33)(H,39,40). The molecule has 14 heteroatoms. The van der Waals surface area contributed by atoms with Crippen molar-refractivity contribution in [3.63, 3.8) is 0 Å². The van der Waals surface area contributed by atoms with Crippen LogP contribution in [-0.4, -0.2) is 102 Å². The van der Waals surface area contributed by atoms with Gasteiger partial charge in [-0.05, 0) is 53.5 Å². The fourth-order valence-corrected chi connectivity index (χ4v) is 4.52. The summed E-state index contributed by atoms with van der Waals surface area (Å²) in [6.45, 7) is 7.44. The average molecular weight is 627 g/mol. The summed E-state index contributed by atoms with van der Waals surface area (Å²) in [5, 5.41) is 81.4. The molecule has 1 saturated heterocycles. The topological polar surface area (TPSA) is 241 Å². The lowest BCUT2D eigenvalue weighted by atomic mass is 9.92. The number of hydrogen-bond acceptors (Lipinski definition) is 12. The van der Waals surface area contributed by atoms with Gasteiger partial charge in [-0.3, -0.25) is 9.59 Å². The van der Waals surface area contributed by atoms with E-state index >= 15 is 0 Å². The van der Waals surface area contributed by atoms with E-state index in [0.29, 0.717) is 0 Å². The van der Waals surface area contributed by atoms with Crippen LogP contribution < -0.4 is 4.74 Å². The largest absolute Gasteiger partial charge is 0.504 e. The Morgan fingerprint density at radius 1 is 0.977 bits per heavy atom. The molecule has 1 aliphatic rings. The maximum absolute atomic E-state index is 12.7. The van der Waals surface area contributed by atoms with Gasteiger partial charge in [0.1, 0.15) is 24.4 Å². The van der Waals surface area contributed by atoms with Gasteiger partial charge in [0.05, 0.1) is 25.0 Å². The van der Waals surface area contributed by atoms with E-state index in [9.17, 15) is 50.1 Å². The van der Waals surface area contributed by atoms with Crippen LogP contribution in [-0.2, 0) is 36.7 Å². The number of aliphatic hydroxyl groups excluding tert-OH is 4. The first-order chi connectivity index (χ1) is 20.4. The van der Waals surface area contributed by atoms with Crippen molar-refractivity contribution in [2.45, 2.75) is 103 Å². The van der Waals surface area contributed by atoms with Crippen LogP contribution in [0.15, 0.2) is 29.4 Å². The number of allylic oxidation sites excluding steroid dienone is 4. The van der Waals surface area contributed by atoms with Crippen molar-refractivity contribution in [2.75, 3.05) is 6.61 Å². The van der Waals surface area contributed by atoms with E-state index in [1.54, 1.807) is 39.8 Å². The molecule has 0 radical (unpaired) electrons. The van der Waals surface area contributed by atoms with Crippen LogP contribution in [0.25, 0.3) is 0 Å². The normalized spacial score (nSPS) is 23.5. The van der Waals surface area contributed by atoms with Crippen molar-refractivity contribution in [1.82, 2.24) is 0 Å². The van der Waals surface area contributed by atoms with Crippen LogP contribution in [0, 0.1) is 0 Å². The van der Waals surface area contributed by atoms with Crippen molar-refractivity contribution in [2.24, 2.45) is 0 Å². The van der Waals surface area contributed by atoms with Crippen LogP contribution >= 0.6 is 0 Å². The molecule has 2 rings (SSSR count). The van der Waals surface area contributed by atoms with Crippen LogP contribution in [0.1, 0.15) is 70.3 Å². The van der Waals surface area contributed by atoms with Crippen LogP contribution in [0.5, 0.6) is 11.5 Å². The molecule has 0 saturated carbocycles. The SMILES string of the molecule is CC(C)=CCc1cc(C(OC(=O)CC(C)(O)CC(=O)O)C(=O)O)c(CC=C(C)C)c(O)c1OC1OC(CO)C(O)C(O)C1O. The van der Waals surface area contributed by atoms with Gasteiger partial charge in [-0.2, -0.15) is 0 Å². The predicted octanol–water partition coefficient (Wildman–Crippen LogP) is 0.873. The molecule has 0 spiro atoms. The second-order valence-electron chi connectivity index (χ2n) is 11.5. The van der Waals surface area contributed by atoms with Gasteiger partial charge in [0.2, 0.25) is 12.4 Å². The average Bonchev–Trinajstić information content (AvgIpc) is 2.89. The monoisotopic (exact) mass is 626 g/mol. The summed E-state index contributed by atoms with van der Waals surface area (Å²) >= 11 is 0. The molecule has 44 heavy (non-hydrogen) atoms. The number of hydrogen-bond donors (Lipinski definition) is 8. The summed E-state index contributed by atoms with van der Waals surface area (Å²) in [7, 11) is 0. The molecule has 1 aliphatic heterocycles. The molecule has 0 bridgehead atoms. The first kappa shape index (κ1) is 36.7. The number of aliphatic hydroxyl groups is 5. The number of benzene rings is 1. The number of phenols is 1. The Kier molecular flexibility index (Phi) is 12.9. The van der Waals surface area contributed by atoms with Crippen molar-refractivity contribution < 1.29 is 69.4 Å². The van der Waals surface area contributed by atoms with Gasteiger partial charge in [0.15, 0.2) is 11.5 Å². The molecular formula is C30H42O14. The van der Waals surface area contributed by atoms with E-state index in [-0.39, 0.29) is 35.3 Å². The number of phenolic OH excluding ortho intramolecular Hbond substituents is 1. The highest BCUT2D eigenvalue weighted by Gasteiger charge is 2.45. The fraction of sp³-hybridized carbons (Fsp3) is 0.567. The number of carboxylic acid groups (broad SMARTS) is 2. The van der Waals surface area contributed by atoms with Gasteiger partial charge in [0, 0.05) is 16.7 Å². The lowest BCUT2D eigenvalue weighted by Crippen LogP contribution is -2.60. The van der Waals surface area contributed by atoms with E-state index in [2.05, 4.69) is 0 Å². The maximum atomic E-state index is 12.7. The predicted molar refractivity (Wildman–Crippen MR) is 153 cm³/mol. The van der Waals surface area contributed by atoms with Gasteiger partial charge in [-0.15, -0.1) is 0 Å². The zero-order valence-electron chi connectivity index (χ0n) is 25.3. The Balaban J connectivity index is 2.71. The number of aliphatic carboxylic acids is 2. The third-order valence-corrected chi connectivity index (χ3v) is 6.81. The first-order valence-electron chi connectivity index (χ1n) is 13.9. The highest BCUT2D eigenvalue weighted by Crippen LogP contribution is 2.42. The molecule has 7 atom stereocenters. The van der Waals surface area contributed by atoms with E-state index in [1.807, 2.05) is 0 Å². The molecular weight excluding hydrogens is 584 g/mol. The highest BCUT2D eigenvalue weighted by molar-refractivity contribution is 5.81. The molecule has 1 heterocycles. The quantitative estimate of drug-likeness (QED) is 0.106. The Morgan fingerprint density at radius 2 is 1.57 bits per heavy atom. The number of esters is 1. The number of carbonyl (C=O) groups excluding carboxylic acids is 1. The van der Waals surface area contributed by atoms with Crippen molar-refractivity contribution in [3.8, 4) is 11.5 Å². The van der Waals surface area contributed by atoms with Gasteiger partial charge < -0.3 is 55.1 Å². The second kappa shape index (κ2) is 15.5. The molecule has 246 valence electrons. The van der Waals surface area contributed by atoms with Gasteiger partial charge in [0.25, 0.3) is 0 Å². The molecule has 1 aromatic rings. The minimum Gasteiger partial charge on any atom is -0.504 e. The molecule has 0 aliphatic carbocycles. The van der Waals surface area contributed by atoms with Gasteiger partial charge in [-0.25, -0.2) is 4.79 Å². The summed E-state index contributed by atoms with van der Waals surface area (Å²) in [5.41, 5.74) is -0.427.